The molecule has 0 unspecified atom stereocenters. The average molecular weight is 240 g/mol. The average Bonchev–Trinajstić information content (AvgIpc) is 2.14. The molecule has 0 aliphatic heterocycles. The molecule has 86 valence electrons. The van der Waals surface area contributed by atoms with Crippen molar-refractivity contribution in [1.29, 1.82) is 5.26 Å². The Hall–Kier alpha value is -1.78. The molecule has 1 heterocycles. The van der Waals surface area contributed by atoms with Crippen LogP contribution in [0.4, 0.5) is 26.3 Å². The Labute approximate surface area is 85.1 Å². The molecule has 1 aromatic heterocycles. The van der Waals surface area contributed by atoms with Gasteiger partial charge in [-0.15, -0.1) is 0 Å². The maximum atomic E-state index is 12.6. The van der Waals surface area contributed by atoms with E-state index in [1.165, 1.54) is 0 Å². The molecule has 0 aliphatic rings. The molecule has 0 bridgehead atoms. The fourth-order valence-electron chi connectivity index (χ4n) is 1.08. The SMILES string of the molecule is N#Cc1cc(F)nc(C(F)F)c1C(F)(F)F. The van der Waals surface area contributed by atoms with E-state index in [1.807, 2.05) is 0 Å². The van der Waals surface area contributed by atoms with Gasteiger partial charge in [-0.1, -0.05) is 0 Å². The van der Waals surface area contributed by atoms with Gasteiger partial charge >= 0.3 is 6.18 Å². The number of nitrogens with zero attached hydrogens (tertiary/aromatic N) is 2. The minimum absolute atomic E-state index is 0.161. The molecule has 1 aromatic rings. The number of rotatable bonds is 1. The zero-order valence-corrected chi connectivity index (χ0v) is 7.32. The molecule has 0 aliphatic carbocycles. The molecule has 0 atom stereocenters. The van der Waals surface area contributed by atoms with E-state index in [-0.39, 0.29) is 6.07 Å². The molecular weight excluding hydrogens is 238 g/mol. The lowest BCUT2D eigenvalue weighted by Crippen LogP contribution is -2.15. The van der Waals surface area contributed by atoms with Gasteiger partial charge in [0.1, 0.15) is 11.3 Å². The van der Waals surface area contributed by atoms with E-state index in [1.54, 1.807) is 0 Å². The topological polar surface area (TPSA) is 36.7 Å². The molecule has 8 heteroatoms. The Morgan fingerprint density at radius 1 is 1.31 bits per heavy atom. The molecule has 0 radical (unpaired) electrons. The van der Waals surface area contributed by atoms with Gasteiger partial charge in [-0.25, -0.2) is 13.8 Å². The van der Waals surface area contributed by atoms with Crippen molar-refractivity contribution in [3.8, 4) is 6.07 Å². The van der Waals surface area contributed by atoms with Gasteiger partial charge in [0.25, 0.3) is 6.43 Å². The summed E-state index contributed by atoms with van der Waals surface area (Å²) in [5, 5.41) is 8.32. The largest absolute Gasteiger partial charge is 0.419 e. The van der Waals surface area contributed by atoms with Crippen molar-refractivity contribution in [2.45, 2.75) is 12.6 Å². The van der Waals surface area contributed by atoms with Gasteiger partial charge in [-0.05, 0) is 0 Å². The molecule has 2 nitrogen and oxygen atoms in total. The zero-order valence-electron chi connectivity index (χ0n) is 7.32. The maximum absolute atomic E-state index is 12.6. The number of hydrogen-bond donors (Lipinski definition) is 0. The number of halogens is 6. The van der Waals surface area contributed by atoms with Gasteiger partial charge in [-0.2, -0.15) is 22.8 Å². The number of nitriles is 1. The van der Waals surface area contributed by atoms with E-state index in [0.717, 1.165) is 6.07 Å². The van der Waals surface area contributed by atoms with Gasteiger partial charge in [0.05, 0.1) is 11.6 Å². The van der Waals surface area contributed by atoms with Crippen LogP contribution in [0.2, 0.25) is 0 Å². The maximum Gasteiger partial charge on any atom is 0.419 e. The predicted octanol–water partition coefficient (Wildman–Crippen LogP) is 3.05. The standard InChI is InChI=1S/C8H2F6N2/c9-4-1-3(2-15)5(8(12,13)14)6(16-4)7(10)11/h1,7H. The first-order chi connectivity index (χ1) is 7.27. The number of pyridine rings is 1. The van der Waals surface area contributed by atoms with Crippen molar-refractivity contribution in [1.82, 2.24) is 4.98 Å². The highest BCUT2D eigenvalue weighted by atomic mass is 19.4. The van der Waals surface area contributed by atoms with E-state index < -0.39 is 35.4 Å². The second kappa shape index (κ2) is 4.00. The van der Waals surface area contributed by atoms with Crippen molar-refractivity contribution < 1.29 is 26.3 Å². The lowest BCUT2D eigenvalue weighted by molar-refractivity contribution is -0.140. The van der Waals surface area contributed by atoms with Crippen LogP contribution in [0.5, 0.6) is 0 Å². The summed E-state index contributed by atoms with van der Waals surface area (Å²) in [7, 11) is 0. The Kier molecular flexibility index (Phi) is 3.07. The molecule has 0 saturated carbocycles. The second-order valence-electron chi connectivity index (χ2n) is 2.66. The summed E-state index contributed by atoms with van der Waals surface area (Å²) in [6.07, 6.45) is -8.79. The lowest BCUT2D eigenvalue weighted by Gasteiger charge is -2.12. The van der Waals surface area contributed by atoms with Gasteiger partial charge < -0.3 is 0 Å². The Morgan fingerprint density at radius 3 is 2.25 bits per heavy atom. The van der Waals surface area contributed by atoms with Crippen LogP contribution in [0.3, 0.4) is 0 Å². The summed E-state index contributed by atoms with van der Waals surface area (Å²) in [6, 6.07) is 1.17. The summed E-state index contributed by atoms with van der Waals surface area (Å²) in [5.41, 5.74) is -4.88. The number of aromatic nitrogens is 1. The Bertz CT molecular complexity index is 445. The van der Waals surface area contributed by atoms with Crippen LogP contribution < -0.4 is 0 Å². The normalized spacial score (nSPS) is 11.6. The summed E-state index contributed by atoms with van der Waals surface area (Å²) in [5.74, 6) is -1.56. The van der Waals surface area contributed by atoms with Crippen molar-refractivity contribution in [2.24, 2.45) is 0 Å². The van der Waals surface area contributed by atoms with Gasteiger partial charge in [0.2, 0.25) is 5.95 Å². The Morgan fingerprint density at radius 2 is 1.88 bits per heavy atom. The fourth-order valence-corrected chi connectivity index (χ4v) is 1.08. The third-order valence-corrected chi connectivity index (χ3v) is 1.63. The number of hydrogen-bond acceptors (Lipinski definition) is 2. The van der Waals surface area contributed by atoms with E-state index in [2.05, 4.69) is 4.98 Å². The monoisotopic (exact) mass is 240 g/mol. The zero-order chi connectivity index (χ0) is 12.5. The second-order valence-corrected chi connectivity index (χ2v) is 2.66. The van der Waals surface area contributed by atoms with Crippen LogP contribution in [-0.4, -0.2) is 4.98 Å². The van der Waals surface area contributed by atoms with E-state index in [4.69, 9.17) is 5.26 Å². The molecule has 0 aromatic carbocycles. The van der Waals surface area contributed by atoms with Crippen LogP contribution in [0, 0.1) is 17.3 Å². The fraction of sp³-hybridized carbons (Fsp3) is 0.250. The summed E-state index contributed by atoms with van der Waals surface area (Å²) < 4.78 is 74.0. The number of alkyl halides is 5. The minimum Gasteiger partial charge on any atom is -0.218 e. The van der Waals surface area contributed by atoms with E-state index >= 15 is 0 Å². The summed E-state index contributed by atoms with van der Waals surface area (Å²) >= 11 is 0. The van der Waals surface area contributed by atoms with E-state index in [9.17, 15) is 26.3 Å². The molecule has 16 heavy (non-hydrogen) atoms. The molecule has 0 N–H and O–H groups in total. The van der Waals surface area contributed by atoms with Crippen molar-refractivity contribution in [3.63, 3.8) is 0 Å². The van der Waals surface area contributed by atoms with Crippen LogP contribution in [0.25, 0.3) is 0 Å². The molecular formula is C8H2F6N2. The quantitative estimate of drug-likeness (QED) is 0.558. The van der Waals surface area contributed by atoms with Crippen LogP contribution in [0.15, 0.2) is 6.07 Å². The molecule has 0 amide bonds. The first kappa shape index (κ1) is 12.3. The molecule has 1 rings (SSSR count). The third kappa shape index (κ3) is 2.24. The van der Waals surface area contributed by atoms with Crippen LogP contribution in [-0.2, 0) is 6.18 Å². The van der Waals surface area contributed by atoms with Gasteiger partial charge in [-0.3, -0.25) is 0 Å². The highest BCUT2D eigenvalue weighted by Crippen LogP contribution is 2.37. The van der Waals surface area contributed by atoms with Crippen LogP contribution >= 0.6 is 0 Å². The third-order valence-electron chi connectivity index (χ3n) is 1.63. The molecule has 0 spiro atoms. The van der Waals surface area contributed by atoms with Gasteiger partial charge in [0.15, 0.2) is 0 Å². The first-order valence-corrected chi connectivity index (χ1v) is 3.73. The molecule has 0 saturated heterocycles. The predicted molar refractivity (Wildman–Crippen MR) is 38.9 cm³/mol. The Balaban J connectivity index is 3.60. The summed E-state index contributed by atoms with van der Waals surface area (Å²) in [4.78, 5) is 2.46. The van der Waals surface area contributed by atoms with Crippen molar-refractivity contribution in [3.05, 3.63) is 28.8 Å². The highest BCUT2D eigenvalue weighted by Gasteiger charge is 2.40. The first-order valence-electron chi connectivity index (χ1n) is 3.73. The van der Waals surface area contributed by atoms with E-state index in [0.29, 0.717) is 0 Å². The minimum atomic E-state index is -5.18. The van der Waals surface area contributed by atoms with Crippen LogP contribution in [0.1, 0.15) is 23.2 Å². The van der Waals surface area contributed by atoms with Gasteiger partial charge in [0, 0.05) is 6.07 Å². The smallest absolute Gasteiger partial charge is 0.218 e. The summed E-state index contributed by atoms with van der Waals surface area (Å²) in [6.45, 7) is 0. The van der Waals surface area contributed by atoms with Crippen molar-refractivity contribution >= 4 is 0 Å². The highest BCUT2D eigenvalue weighted by molar-refractivity contribution is 5.42. The van der Waals surface area contributed by atoms with Crippen molar-refractivity contribution in [2.75, 3.05) is 0 Å². The lowest BCUT2D eigenvalue weighted by atomic mass is 10.1. The molecule has 0 fully saturated rings.